The average molecular weight is 297 g/mol. The second-order valence-corrected chi connectivity index (χ2v) is 7.14. The van der Waals surface area contributed by atoms with Crippen LogP contribution in [0.4, 0.5) is 5.82 Å². The highest BCUT2D eigenvalue weighted by molar-refractivity contribution is 7.89. The van der Waals surface area contributed by atoms with Crippen LogP contribution in [-0.2, 0) is 10.0 Å². The lowest BCUT2D eigenvalue weighted by Crippen LogP contribution is -2.32. The number of anilines is 1. The number of sulfonamides is 1. The van der Waals surface area contributed by atoms with E-state index in [1.807, 2.05) is 6.92 Å². The monoisotopic (exact) mass is 297 g/mol. The normalized spacial score (nSPS) is 15.6. The zero-order valence-corrected chi connectivity index (χ0v) is 13.0. The molecule has 1 heterocycles. The number of nitrogens with one attached hydrogen (secondary N) is 1. The average Bonchev–Trinajstić information content (AvgIpc) is 3.26. The second-order valence-electron chi connectivity index (χ2n) is 5.20. The Hall–Kier alpha value is -1.14. The fraction of sp³-hybridized carbons (Fsp3) is 0.643. The van der Waals surface area contributed by atoms with E-state index in [1.54, 1.807) is 16.4 Å². The zero-order valence-electron chi connectivity index (χ0n) is 12.2. The first kappa shape index (κ1) is 15.3. The minimum Gasteiger partial charge on any atom is -0.370 e. The summed E-state index contributed by atoms with van der Waals surface area (Å²) in [6, 6.07) is 3.36. The Kier molecular flexibility index (Phi) is 4.99. The number of hydrogen-bond donors (Lipinski definition) is 1. The Morgan fingerprint density at radius 3 is 2.60 bits per heavy atom. The van der Waals surface area contributed by atoms with Crippen LogP contribution in [0.15, 0.2) is 23.2 Å². The van der Waals surface area contributed by atoms with Gasteiger partial charge < -0.3 is 5.32 Å². The second kappa shape index (κ2) is 6.54. The van der Waals surface area contributed by atoms with Crippen LogP contribution in [0, 0.1) is 5.92 Å². The first-order valence-electron chi connectivity index (χ1n) is 7.28. The summed E-state index contributed by atoms with van der Waals surface area (Å²) in [7, 11) is -3.40. The molecule has 0 atom stereocenters. The Labute approximate surface area is 121 Å². The molecule has 0 amide bonds. The summed E-state index contributed by atoms with van der Waals surface area (Å²) >= 11 is 0. The molecule has 2 rings (SSSR count). The van der Waals surface area contributed by atoms with Crippen LogP contribution >= 0.6 is 0 Å². The molecular weight excluding hydrogens is 274 g/mol. The van der Waals surface area contributed by atoms with Crippen LogP contribution in [0.1, 0.15) is 33.1 Å². The first-order chi connectivity index (χ1) is 9.57. The highest BCUT2D eigenvalue weighted by Gasteiger charge is 2.30. The van der Waals surface area contributed by atoms with Gasteiger partial charge in [-0.25, -0.2) is 13.4 Å². The molecule has 1 aromatic heterocycles. The van der Waals surface area contributed by atoms with E-state index in [2.05, 4.69) is 17.2 Å². The fourth-order valence-electron chi connectivity index (χ4n) is 2.03. The third-order valence-corrected chi connectivity index (χ3v) is 5.37. The van der Waals surface area contributed by atoms with E-state index in [9.17, 15) is 8.42 Å². The van der Waals surface area contributed by atoms with Gasteiger partial charge in [0.15, 0.2) is 0 Å². The smallest absolute Gasteiger partial charge is 0.244 e. The lowest BCUT2D eigenvalue weighted by molar-refractivity contribution is 0.412. The Balaban J connectivity index is 2.10. The molecule has 5 nitrogen and oxygen atoms in total. The van der Waals surface area contributed by atoms with Crippen LogP contribution in [0.3, 0.4) is 0 Å². The Morgan fingerprint density at radius 1 is 1.35 bits per heavy atom. The van der Waals surface area contributed by atoms with Gasteiger partial charge in [0.2, 0.25) is 10.0 Å². The lowest BCUT2D eigenvalue weighted by Gasteiger charge is -2.20. The molecule has 1 aliphatic carbocycles. The van der Waals surface area contributed by atoms with Crippen molar-refractivity contribution in [2.45, 2.75) is 38.0 Å². The number of aromatic nitrogens is 1. The Bertz CT molecular complexity index is 524. The molecule has 0 aliphatic heterocycles. The molecule has 0 aromatic carbocycles. The fourth-order valence-corrected chi connectivity index (χ4v) is 3.50. The highest BCUT2D eigenvalue weighted by Crippen LogP contribution is 2.31. The van der Waals surface area contributed by atoms with E-state index < -0.39 is 10.0 Å². The predicted molar refractivity (Wildman–Crippen MR) is 80.2 cm³/mol. The summed E-state index contributed by atoms with van der Waals surface area (Å²) in [5, 5.41) is 3.14. The van der Waals surface area contributed by atoms with Gasteiger partial charge in [0.05, 0.1) is 0 Å². The van der Waals surface area contributed by atoms with Crippen molar-refractivity contribution in [1.29, 1.82) is 0 Å². The van der Waals surface area contributed by atoms with Crippen LogP contribution in [-0.4, -0.2) is 37.3 Å². The van der Waals surface area contributed by atoms with E-state index in [1.165, 1.54) is 6.20 Å². The van der Waals surface area contributed by atoms with Gasteiger partial charge in [-0.1, -0.05) is 13.8 Å². The molecule has 0 bridgehead atoms. The minimum absolute atomic E-state index is 0.280. The molecule has 0 saturated heterocycles. The number of pyridine rings is 1. The zero-order chi connectivity index (χ0) is 14.6. The molecule has 1 aromatic rings. The molecule has 20 heavy (non-hydrogen) atoms. The lowest BCUT2D eigenvalue weighted by atomic mass is 10.4. The van der Waals surface area contributed by atoms with Gasteiger partial charge in [0.1, 0.15) is 10.7 Å². The van der Waals surface area contributed by atoms with Gasteiger partial charge in [-0.2, -0.15) is 4.31 Å². The maximum absolute atomic E-state index is 12.5. The van der Waals surface area contributed by atoms with E-state index in [4.69, 9.17) is 0 Å². The summed E-state index contributed by atoms with van der Waals surface area (Å²) in [6.45, 7) is 5.93. The molecule has 1 N–H and O–H groups in total. The molecular formula is C14H23N3O2S. The van der Waals surface area contributed by atoms with Crippen molar-refractivity contribution >= 4 is 15.8 Å². The van der Waals surface area contributed by atoms with Crippen LogP contribution < -0.4 is 5.32 Å². The predicted octanol–water partition coefficient (Wildman–Crippen LogP) is 2.32. The van der Waals surface area contributed by atoms with Crippen molar-refractivity contribution in [3.05, 3.63) is 18.3 Å². The van der Waals surface area contributed by atoms with Crippen LogP contribution in [0.5, 0.6) is 0 Å². The molecule has 112 valence electrons. The van der Waals surface area contributed by atoms with Gasteiger partial charge in [0, 0.05) is 25.8 Å². The summed E-state index contributed by atoms with van der Waals surface area (Å²) in [4.78, 5) is 4.46. The third kappa shape index (κ3) is 3.70. The SMILES string of the molecule is CCCNc1ccc(S(=O)(=O)N(CC)CC2CC2)cn1. The van der Waals surface area contributed by atoms with E-state index in [0.29, 0.717) is 19.0 Å². The number of nitrogens with zero attached hydrogens (tertiary/aromatic N) is 2. The van der Waals surface area contributed by atoms with Crippen LogP contribution in [0.25, 0.3) is 0 Å². The Morgan fingerprint density at radius 2 is 2.10 bits per heavy atom. The summed E-state index contributed by atoms with van der Waals surface area (Å²) in [6.07, 6.45) is 4.74. The van der Waals surface area contributed by atoms with Crippen molar-refractivity contribution in [2.24, 2.45) is 5.92 Å². The topological polar surface area (TPSA) is 62.3 Å². The van der Waals surface area contributed by atoms with Crippen molar-refractivity contribution in [3.8, 4) is 0 Å². The molecule has 6 heteroatoms. The molecule has 1 aliphatic rings. The number of hydrogen-bond acceptors (Lipinski definition) is 4. The van der Waals surface area contributed by atoms with E-state index in [-0.39, 0.29) is 4.90 Å². The largest absolute Gasteiger partial charge is 0.370 e. The standard InChI is InChI=1S/C14H23N3O2S/c1-3-9-15-14-8-7-13(10-16-14)20(18,19)17(4-2)11-12-5-6-12/h7-8,10,12H,3-6,9,11H2,1-2H3,(H,15,16). The molecule has 1 fully saturated rings. The van der Waals surface area contributed by atoms with E-state index in [0.717, 1.165) is 31.6 Å². The van der Waals surface area contributed by atoms with Gasteiger partial charge in [0.25, 0.3) is 0 Å². The maximum atomic E-state index is 12.5. The van der Waals surface area contributed by atoms with Crippen molar-refractivity contribution in [1.82, 2.24) is 9.29 Å². The highest BCUT2D eigenvalue weighted by atomic mass is 32.2. The van der Waals surface area contributed by atoms with Gasteiger partial charge in [-0.3, -0.25) is 0 Å². The quantitative estimate of drug-likeness (QED) is 0.800. The van der Waals surface area contributed by atoms with E-state index >= 15 is 0 Å². The molecule has 0 spiro atoms. The summed E-state index contributed by atoms with van der Waals surface area (Å²) in [5.41, 5.74) is 0. The number of rotatable bonds is 8. The molecule has 0 unspecified atom stereocenters. The first-order valence-corrected chi connectivity index (χ1v) is 8.72. The van der Waals surface area contributed by atoms with Crippen molar-refractivity contribution in [3.63, 3.8) is 0 Å². The minimum atomic E-state index is -3.40. The maximum Gasteiger partial charge on any atom is 0.244 e. The summed E-state index contributed by atoms with van der Waals surface area (Å²) < 4.78 is 26.6. The van der Waals surface area contributed by atoms with Crippen LogP contribution in [0.2, 0.25) is 0 Å². The van der Waals surface area contributed by atoms with Gasteiger partial charge in [-0.05, 0) is 37.3 Å². The van der Waals surface area contributed by atoms with Crippen molar-refractivity contribution in [2.75, 3.05) is 25.0 Å². The third-order valence-electron chi connectivity index (χ3n) is 3.44. The van der Waals surface area contributed by atoms with Crippen molar-refractivity contribution < 1.29 is 8.42 Å². The van der Waals surface area contributed by atoms with Gasteiger partial charge in [-0.15, -0.1) is 0 Å². The van der Waals surface area contributed by atoms with Gasteiger partial charge >= 0.3 is 0 Å². The molecule has 0 radical (unpaired) electrons. The molecule has 1 saturated carbocycles. The summed E-state index contributed by atoms with van der Waals surface area (Å²) in [5.74, 6) is 1.26.